The minimum atomic E-state index is -0.449. The molecule has 1 aliphatic carbocycles. The van der Waals surface area contributed by atoms with Crippen molar-refractivity contribution >= 4 is 17.7 Å². The van der Waals surface area contributed by atoms with Gasteiger partial charge in [-0.1, -0.05) is 12.1 Å². The lowest BCUT2D eigenvalue weighted by molar-refractivity contribution is -0.133. The first-order chi connectivity index (χ1) is 11.0. The van der Waals surface area contributed by atoms with Crippen molar-refractivity contribution in [3.63, 3.8) is 0 Å². The van der Waals surface area contributed by atoms with Crippen LogP contribution in [-0.4, -0.2) is 31.3 Å². The third-order valence-corrected chi connectivity index (χ3v) is 4.05. The van der Waals surface area contributed by atoms with E-state index in [0.29, 0.717) is 6.54 Å². The number of cyclic esters (lactones) is 1. The van der Waals surface area contributed by atoms with Gasteiger partial charge in [0.05, 0.1) is 18.0 Å². The number of hydrogen-bond donors (Lipinski definition) is 1. The van der Waals surface area contributed by atoms with Crippen molar-refractivity contribution in [2.75, 3.05) is 18.1 Å². The zero-order valence-corrected chi connectivity index (χ0v) is 12.7. The first-order valence-corrected chi connectivity index (χ1v) is 7.42. The van der Waals surface area contributed by atoms with Crippen molar-refractivity contribution in [1.29, 1.82) is 5.26 Å². The Labute approximate surface area is 133 Å². The number of carbonyl (C=O) groups excluding carboxylic acids is 2. The molecule has 1 saturated carbocycles. The third-order valence-electron chi connectivity index (χ3n) is 4.05. The molecule has 0 unspecified atom stereocenters. The highest BCUT2D eigenvalue weighted by Gasteiger charge is 2.44. The van der Waals surface area contributed by atoms with Gasteiger partial charge in [0, 0.05) is 12.6 Å². The quantitative estimate of drug-likeness (QED) is 0.834. The topological polar surface area (TPSA) is 91.7 Å². The Morgan fingerprint density at radius 1 is 1.48 bits per heavy atom. The van der Waals surface area contributed by atoms with Crippen LogP contribution in [0, 0.1) is 11.3 Å². The zero-order valence-electron chi connectivity index (χ0n) is 12.7. The Morgan fingerprint density at radius 2 is 2.17 bits per heavy atom. The van der Waals surface area contributed by atoms with Crippen LogP contribution in [0.3, 0.4) is 0 Å². The number of anilines is 1. The lowest BCUT2D eigenvalue weighted by Gasteiger charge is -2.14. The Kier molecular flexibility index (Phi) is 3.92. The van der Waals surface area contributed by atoms with E-state index < -0.39 is 12.2 Å². The molecule has 120 valence electrons. The first-order valence-electron chi connectivity index (χ1n) is 7.42. The highest BCUT2D eigenvalue weighted by Crippen LogP contribution is 2.47. The second-order valence-corrected chi connectivity index (χ2v) is 5.83. The Balaban J connectivity index is 1.62. The number of hydrogen-bond acceptors (Lipinski definition) is 5. The van der Waals surface area contributed by atoms with Crippen LogP contribution < -0.4 is 10.4 Å². The lowest BCUT2D eigenvalue weighted by atomic mass is 9.97. The van der Waals surface area contributed by atoms with Gasteiger partial charge in [0.1, 0.15) is 12.7 Å². The van der Waals surface area contributed by atoms with Gasteiger partial charge in [-0.05, 0) is 30.5 Å². The number of hydroxylamine groups is 1. The molecule has 1 aromatic carbocycles. The van der Waals surface area contributed by atoms with E-state index in [-0.39, 0.29) is 17.9 Å². The average molecular weight is 315 g/mol. The van der Waals surface area contributed by atoms with E-state index in [1.807, 2.05) is 24.3 Å². The maximum atomic E-state index is 11.9. The number of amides is 2. The Morgan fingerprint density at radius 3 is 2.74 bits per heavy atom. The number of ether oxygens (including phenoxy) is 1. The van der Waals surface area contributed by atoms with Gasteiger partial charge >= 0.3 is 6.09 Å². The van der Waals surface area contributed by atoms with Gasteiger partial charge in [-0.25, -0.2) is 10.3 Å². The average Bonchev–Trinajstić information content (AvgIpc) is 3.25. The molecule has 7 nitrogen and oxygen atoms in total. The summed E-state index contributed by atoms with van der Waals surface area (Å²) < 4.78 is 5.20. The van der Waals surface area contributed by atoms with E-state index >= 15 is 0 Å². The van der Waals surface area contributed by atoms with Crippen LogP contribution in [-0.2, 0) is 19.8 Å². The van der Waals surface area contributed by atoms with Crippen LogP contribution in [0.2, 0.25) is 0 Å². The van der Waals surface area contributed by atoms with Crippen molar-refractivity contribution in [2.45, 2.75) is 31.3 Å². The number of nitrogens with zero attached hydrogens (tertiary/aromatic N) is 2. The molecule has 23 heavy (non-hydrogen) atoms. The Bertz CT molecular complexity index is 661. The highest BCUT2D eigenvalue weighted by atomic mass is 16.7. The first kappa shape index (κ1) is 15.3. The maximum Gasteiger partial charge on any atom is 0.414 e. The summed E-state index contributed by atoms with van der Waals surface area (Å²) in [6, 6.07) is 9.78. The molecule has 1 saturated heterocycles. The van der Waals surface area contributed by atoms with Crippen LogP contribution >= 0.6 is 0 Å². The molecule has 0 aromatic heterocycles. The summed E-state index contributed by atoms with van der Waals surface area (Å²) in [5.74, 6) is -0.312. The molecule has 0 bridgehead atoms. The fourth-order valence-electron chi connectivity index (χ4n) is 2.61. The van der Waals surface area contributed by atoms with Crippen molar-refractivity contribution in [1.82, 2.24) is 5.48 Å². The minimum Gasteiger partial charge on any atom is -0.441 e. The number of nitriles is 1. The largest absolute Gasteiger partial charge is 0.441 e. The predicted molar refractivity (Wildman–Crippen MR) is 80.4 cm³/mol. The SMILES string of the molecule is CC(=O)NOC[C@@H]1CN(c2ccc(C3(C#N)CC3)cc2)C(=O)O1. The summed E-state index contributed by atoms with van der Waals surface area (Å²) >= 11 is 0. The molecule has 1 aliphatic heterocycles. The van der Waals surface area contributed by atoms with Crippen LogP contribution in [0.25, 0.3) is 0 Å². The predicted octanol–water partition coefficient (Wildman–Crippen LogP) is 1.63. The molecular weight excluding hydrogens is 298 g/mol. The van der Waals surface area contributed by atoms with Crippen molar-refractivity contribution < 1.29 is 19.2 Å². The van der Waals surface area contributed by atoms with E-state index in [9.17, 15) is 14.9 Å². The molecule has 1 N–H and O–H groups in total. The van der Waals surface area contributed by atoms with Gasteiger partial charge < -0.3 is 4.74 Å². The van der Waals surface area contributed by atoms with Crippen LogP contribution in [0.1, 0.15) is 25.3 Å². The number of benzene rings is 1. The standard InChI is InChI=1S/C16H17N3O4/c1-11(20)18-22-9-14-8-19(15(21)23-14)13-4-2-12(3-5-13)16(10-17)6-7-16/h2-5,14H,6-9H2,1H3,(H,18,20)/t14-/m0/s1. The molecule has 2 fully saturated rings. The summed E-state index contributed by atoms with van der Waals surface area (Å²) in [5.41, 5.74) is 3.57. The molecule has 2 amide bonds. The van der Waals surface area contributed by atoms with Gasteiger partial charge in [0.15, 0.2) is 0 Å². The van der Waals surface area contributed by atoms with E-state index in [0.717, 1.165) is 24.1 Å². The molecule has 0 radical (unpaired) electrons. The Hall–Kier alpha value is -2.59. The van der Waals surface area contributed by atoms with Crippen LogP contribution in [0.15, 0.2) is 24.3 Å². The van der Waals surface area contributed by atoms with E-state index in [1.54, 1.807) is 0 Å². The van der Waals surface area contributed by atoms with Gasteiger partial charge in [0.25, 0.3) is 0 Å². The second kappa shape index (κ2) is 5.89. The van der Waals surface area contributed by atoms with Crippen LogP contribution in [0.5, 0.6) is 0 Å². The number of nitrogens with one attached hydrogen (secondary N) is 1. The van der Waals surface area contributed by atoms with Crippen molar-refractivity contribution in [3.8, 4) is 6.07 Å². The summed E-state index contributed by atoms with van der Waals surface area (Å²) in [5, 5.41) is 9.21. The van der Waals surface area contributed by atoms with E-state index in [1.165, 1.54) is 11.8 Å². The van der Waals surface area contributed by atoms with Crippen molar-refractivity contribution in [2.24, 2.45) is 0 Å². The van der Waals surface area contributed by atoms with Gasteiger partial charge in [-0.2, -0.15) is 5.26 Å². The maximum absolute atomic E-state index is 11.9. The molecule has 0 spiro atoms. The molecule has 1 aromatic rings. The highest BCUT2D eigenvalue weighted by molar-refractivity contribution is 5.89. The molecular formula is C16H17N3O4. The molecule has 1 atom stereocenters. The van der Waals surface area contributed by atoms with Gasteiger partial charge in [-0.15, -0.1) is 0 Å². The number of rotatable bonds is 5. The zero-order chi connectivity index (χ0) is 16.4. The van der Waals surface area contributed by atoms with Crippen molar-refractivity contribution in [3.05, 3.63) is 29.8 Å². The lowest BCUT2D eigenvalue weighted by Crippen LogP contribution is -2.29. The summed E-state index contributed by atoms with van der Waals surface area (Å²) in [6.07, 6.45) is 0.882. The second-order valence-electron chi connectivity index (χ2n) is 5.83. The van der Waals surface area contributed by atoms with E-state index in [2.05, 4.69) is 11.5 Å². The third kappa shape index (κ3) is 3.12. The van der Waals surface area contributed by atoms with Gasteiger partial charge in [-0.3, -0.25) is 14.5 Å². The summed E-state index contributed by atoms with van der Waals surface area (Å²) in [7, 11) is 0. The fourth-order valence-corrected chi connectivity index (χ4v) is 2.61. The van der Waals surface area contributed by atoms with Gasteiger partial charge in [0.2, 0.25) is 5.91 Å². The molecule has 3 rings (SSSR count). The molecule has 7 heteroatoms. The van der Waals surface area contributed by atoms with Crippen LogP contribution in [0.4, 0.5) is 10.5 Å². The molecule has 2 aliphatic rings. The minimum absolute atomic E-state index is 0.0947. The summed E-state index contributed by atoms with van der Waals surface area (Å²) in [4.78, 5) is 29.1. The molecule has 1 heterocycles. The number of carbonyl (C=O) groups is 2. The normalized spacial score (nSPS) is 21.5. The smallest absolute Gasteiger partial charge is 0.414 e. The summed E-state index contributed by atoms with van der Waals surface area (Å²) in [6.45, 7) is 1.78. The monoisotopic (exact) mass is 315 g/mol. The van der Waals surface area contributed by atoms with E-state index in [4.69, 9.17) is 9.57 Å². The fraction of sp³-hybridized carbons (Fsp3) is 0.438.